The molecule has 2 aliphatic carbocycles. The van der Waals surface area contributed by atoms with E-state index in [0.717, 1.165) is 30.8 Å². The van der Waals surface area contributed by atoms with Gasteiger partial charge in [0.05, 0.1) is 0 Å². The molecule has 0 amide bonds. The summed E-state index contributed by atoms with van der Waals surface area (Å²) < 4.78 is 6.08. The van der Waals surface area contributed by atoms with E-state index in [9.17, 15) is 4.79 Å². The first-order valence-corrected chi connectivity index (χ1v) is 11.0. The van der Waals surface area contributed by atoms with E-state index in [2.05, 4.69) is 47.6 Å². The van der Waals surface area contributed by atoms with Gasteiger partial charge in [-0.25, -0.2) is 4.79 Å². The Morgan fingerprint density at radius 3 is 2.23 bits per heavy atom. The summed E-state index contributed by atoms with van der Waals surface area (Å²) in [6, 6.07) is 0. The lowest BCUT2D eigenvalue weighted by Crippen LogP contribution is -2.38. The number of ether oxygens (including phenoxy) is 1. The summed E-state index contributed by atoms with van der Waals surface area (Å²) in [7, 11) is 0. The van der Waals surface area contributed by atoms with Crippen molar-refractivity contribution < 1.29 is 9.53 Å². The summed E-state index contributed by atoms with van der Waals surface area (Å²) in [4.78, 5) is 12.9. The number of carbonyl (C=O) groups excluding carboxylic acids is 1. The van der Waals surface area contributed by atoms with Gasteiger partial charge in [0, 0.05) is 5.57 Å². The van der Waals surface area contributed by atoms with Gasteiger partial charge in [-0.3, -0.25) is 0 Å². The van der Waals surface area contributed by atoms with Crippen molar-refractivity contribution >= 4 is 5.97 Å². The molecule has 0 heterocycles. The topological polar surface area (TPSA) is 26.3 Å². The van der Waals surface area contributed by atoms with Crippen molar-refractivity contribution in [3.63, 3.8) is 0 Å². The van der Waals surface area contributed by atoms with Crippen LogP contribution in [-0.2, 0) is 9.53 Å². The van der Waals surface area contributed by atoms with Crippen LogP contribution in [0.25, 0.3) is 0 Å². The van der Waals surface area contributed by atoms with Gasteiger partial charge in [-0.1, -0.05) is 53.0 Å². The molecule has 0 saturated heterocycles. The maximum Gasteiger partial charge on any atom is 0.334 e. The first-order chi connectivity index (χ1) is 12.1. The highest BCUT2D eigenvalue weighted by molar-refractivity contribution is 5.88. The summed E-state index contributed by atoms with van der Waals surface area (Å²) >= 11 is 0. The average molecular weight is 363 g/mol. The molecule has 0 aromatic carbocycles. The van der Waals surface area contributed by atoms with Crippen LogP contribution in [0.2, 0.25) is 0 Å². The van der Waals surface area contributed by atoms with Gasteiger partial charge in [-0.15, -0.1) is 0 Å². The predicted molar refractivity (Wildman–Crippen MR) is 110 cm³/mol. The lowest BCUT2D eigenvalue weighted by Gasteiger charge is -2.36. The van der Waals surface area contributed by atoms with Crippen LogP contribution >= 0.6 is 0 Å². The number of allylic oxidation sites excluding steroid dienone is 1. The largest absolute Gasteiger partial charge is 0.456 e. The molecule has 0 radical (unpaired) electrons. The molecule has 2 rings (SSSR count). The van der Waals surface area contributed by atoms with E-state index in [4.69, 9.17) is 4.74 Å². The lowest BCUT2D eigenvalue weighted by molar-refractivity contribution is -0.158. The Morgan fingerprint density at radius 1 is 0.962 bits per heavy atom. The second-order valence-corrected chi connectivity index (χ2v) is 10.6. The van der Waals surface area contributed by atoms with Crippen LogP contribution in [0.15, 0.2) is 11.6 Å². The van der Waals surface area contributed by atoms with Crippen molar-refractivity contribution in [2.24, 2.45) is 23.2 Å². The summed E-state index contributed by atoms with van der Waals surface area (Å²) in [6.07, 6.45) is 13.9. The molecular formula is C24H42O2. The van der Waals surface area contributed by atoms with E-state index in [0.29, 0.717) is 17.3 Å². The number of carbonyl (C=O) groups is 1. The Hall–Kier alpha value is -0.790. The van der Waals surface area contributed by atoms with Gasteiger partial charge in [0.25, 0.3) is 0 Å². The van der Waals surface area contributed by atoms with Gasteiger partial charge >= 0.3 is 5.97 Å². The van der Waals surface area contributed by atoms with Crippen molar-refractivity contribution in [1.29, 1.82) is 0 Å². The Balaban J connectivity index is 2.02. The van der Waals surface area contributed by atoms with Gasteiger partial charge in [0.1, 0.15) is 5.60 Å². The minimum atomic E-state index is -0.337. The molecule has 2 heteroatoms. The van der Waals surface area contributed by atoms with Crippen LogP contribution in [-0.4, -0.2) is 11.6 Å². The Labute approximate surface area is 162 Å². The van der Waals surface area contributed by atoms with Crippen molar-refractivity contribution in [2.45, 2.75) is 111 Å². The van der Waals surface area contributed by atoms with Gasteiger partial charge in [-0.2, -0.15) is 0 Å². The molecule has 1 saturated carbocycles. The van der Waals surface area contributed by atoms with Gasteiger partial charge in [0.15, 0.2) is 0 Å². The minimum absolute atomic E-state index is 0.0537. The lowest BCUT2D eigenvalue weighted by atomic mass is 9.73. The normalized spacial score (nSPS) is 29.1. The first-order valence-electron chi connectivity index (χ1n) is 11.0. The molecule has 26 heavy (non-hydrogen) atoms. The fourth-order valence-corrected chi connectivity index (χ4v) is 4.84. The van der Waals surface area contributed by atoms with Gasteiger partial charge in [-0.05, 0) is 82.0 Å². The SMILES string of the molecule is CC1CC/C(C(=O)OC(C)(C)C2CCCCC2)=C\CCC(C(C)(C)C)C1. The second kappa shape index (κ2) is 8.93. The summed E-state index contributed by atoms with van der Waals surface area (Å²) in [5, 5.41) is 0. The van der Waals surface area contributed by atoms with Crippen molar-refractivity contribution in [3.05, 3.63) is 11.6 Å². The smallest absolute Gasteiger partial charge is 0.334 e. The molecule has 0 N–H and O–H groups in total. The number of hydrogen-bond acceptors (Lipinski definition) is 2. The Bertz CT molecular complexity index is 489. The highest BCUT2D eigenvalue weighted by Gasteiger charge is 2.35. The zero-order valence-electron chi connectivity index (χ0n) is 18.2. The summed E-state index contributed by atoms with van der Waals surface area (Å²) in [6.45, 7) is 13.7. The Kier molecular flexibility index (Phi) is 7.39. The zero-order valence-corrected chi connectivity index (χ0v) is 18.2. The molecule has 2 nitrogen and oxygen atoms in total. The molecule has 0 aliphatic heterocycles. The Morgan fingerprint density at radius 2 is 1.62 bits per heavy atom. The third-order valence-electron chi connectivity index (χ3n) is 6.93. The molecular weight excluding hydrogens is 320 g/mol. The number of rotatable bonds is 3. The maximum atomic E-state index is 12.9. The van der Waals surface area contributed by atoms with Crippen LogP contribution in [0.3, 0.4) is 0 Å². The highest BCUT2D eigenvalue weighted by Crippen LogP contribution is 2.38. The molecule has 0 bridgehead atoms. The maximum absolute atomic E-state index is 12.9. The summed E-state index contributed by atoms with van der Waals surface area (Å²) in [5.41, 5.74) is 0.933. The highest BCUT2D eigenvalue weighted by atomic mass is 16.6. The minimum Gasteiger partial charge on any atom is -0.456 e. The van der Waals surface area contributed by atoms with E-state index >= 15 is 0 Å². The standard InChI is InChI=1S/C24H42O2/c1-18-15-16-19(11-10-14-21(17-18)23(2,3)4)22(25)26-24(5,6)20-12-8-7-9-13-20/h11,18,20-21H,7-10,12-17H2,1-6H3/b19-11+. The molecule has 150 valence electrons. The number of hydrogen-bond donors (Lipinski definition) is 0. The monoisotopic (exact) mass is 362 g/mol. The zero-order chi connectivity index (χ0) is 19.4. The van der Waals surface area contributed by atoms with Crippen molar-refractivity contribution in [3.8, 4) is 0 Å². The van der Waals surface area contributed by atoms with Crippen LogP contribution in [0.4, 0.5) is 0 Å². The molecule has 2 atom stereocenters. The quantitative estimate of drug-likeness (QED) is 0.501. The molecule has 0 aromatic heterocycles. The third-order valence-corrected chi connectivity index (χ3v) is 6.93. The molecule has 0 spiro atoms. The van der Waals surface area contributed by atoms with E-state index in [-0.39, 0.29) is 11.6 Å². The molecule has 1 fully saturated rings. The van der Waals surface area contributed by atoms with Crippen molar-refractivity contribution in [1.82, 2.24) is 0 Å². The number of esters is 1. The van der Waals surface area contributed by atoms with E-state index in [1.54, 1.807) is 0 Å². The van der Waals surface area contributed by atoms with Crippen LogP contribution in [0.5, 0.6) is 0 Å². The van der Waals surface area contributed by atoms with Crippen molar-refractivity contribution in [2.75, 3.05) is 0 Å². The molecule has 0 aromatic rings. The average Bonchev–Trinajstić information content (AvgIpc) is 2.65. The first kappa shape index (κ1) is 21.5. The van der Waals surface area contributed by atoms with Crippen LogP contribution in [0, 0.1) is 23.2 Å². The second-order valence-electron chi connectivity index (χ2n) is 10.6. The van der Waals surface area contributed by atoms with E-state index in [1.807, 2.05) is 0 Å². The molecule has 2 unspecified atom stereocenters. The fraction of sp³-hybridized carbons (Fsp3) is 0.875. The molecule has 2 aliphatic rings. The van der Waals surface area contributed by atoms with Crippen LogP contribution in [0.1, 0.15) is 106 Å². The van der Waals surface area contributed by atoms with Gasteiger partial charge in [0.2, 0.25) is 0 Å². The van der Waals surface area contributed by atoms with Crippen LogP contribution < -0.4 is 0 Å². The van der Waals surface area contributed by atoms with Gasteiger partial charge < -0.3 is 4.74 Å². The van der Waals surface area contributed by atoms with E-state index < -0.39 is 0 Å². The van der Waals surface area contributed by atoms with E-state index in [1.165, 1.54) is 44.9 Å². The predicted octanol–water partition coefficient (Wildman–Crippen LogP) is 7.08. The fourth-order valence-electron chi connectivity index (χ4n) is 4.84. The third kappa shape index (κ3) is 6.13. The summed E-state index contributed by atoms with van der Waals surface area (Å²) in [5.74, 6) is 1.85.